The van der Waals surface area contributed by atoms with Crippen LogP contribution in [-0.4, -0.2) is 47.9 Å². The molecule has 0 aromatic heterocycles. The van der Waals surface area contributed by atoms with Gasteiger partial charge in [-0.3, -0.25) is 24.8 Å². The van der Waals surface area contributed by atoms with Crippen molar-refractivity contribution >= 4 is 13.1 Å². The number of hydrogen-bond donors (Lipinski definition) is 0. The molecule has 0 amide bonds. The first-order chi connectivity index (χ1) is 13.5. The fourth-order valence-corrected chi connectivity index (χ4v) is 5.86. The van der Waals surface area contributed by atoms with Crippen molar-refractivity contribution in [3.63, 3.8) is 0 Å². The van der Waals surface area contributed by atoms with Crippen molar-refractivity contribution in [2.24, 2.45) is 0 Å². The molecule has 2 unspecified atom stereocenters. The molecule has 10 nitrogen and oxygen atoms in total. The highest BCUT2D eigenvalue weighted by Gasteiger charge is 2.50. The molecule has 0 aliphatic heterocycles. The number of rotatable bonds is 13. The van der Waals surface area contributed by atoms with E-state index in [9.17, 15) is 24.8 Å². The van der Waals surface area contributed by atoms with Crippen LogP contribution in [0.1, 0.15) is 44.7 Å². The molecule has 0 radical (unpaired) electrons. The first kappa shape index (κ1) is 25.2. The van der Waals surface area contributed by atoms with Gasteiger partial charge in [0.1, 0.15) is 0 Å². The summed E-state index contributed by atoms with van der Waals surface area (Å²) in [4.78, 5) is 21.4. The van der Waals surface area contributed by atoms with Gasteiger partial charge < -0.3 is 14.0 Å². The molecular formula is C18H29N2O8P. The number of hydrogen-bond acceptors (Lipinski definition) is 8. The van der Waals surface area contributed by atoms with Crippen LogP contribution in [0.4, 0.5) is 5.69 Å². The van der Waals surface area contributed by atoms with E-state index in [1.165, 1.54) is 25.1 Å². The lowest BCUT2D eigenvalue weighted by molar-refractivity contribution is -0.482. The Morgan fingerprint density at radius 1 is 1.10 bits per heavy atom. The van der Waals surface area contributed by atoms with E-state index in [1.54, 1.807) is 27.7 Å². The highest BCUT2D eigenvalue weighted by atomic mass is 31.2. The highest BCUT2D eigenvalue weighted by Crippen LogP contribution is 2.62. The molecule has 164 valence electrons. The third-order valence-corrected chi connectivity index (χ3v) is 7.62. The van der Waals surface area contributed by atoms with Crippen LogP contribution in [0.3, 0.4) is 0 Å². The number of aryl methyl sites for hydroxylation is 1. The predicted octanol–water partition coefficient (Wildman–Crippen LogP) is 4.32. The summed E-state index contributed by atoms with van der Waals surface area (Å²) in [7, 11) is -3.73. The minimum Gasteiger partial charge on any atom is -0.342 e. The molecule has 0 aliphatic carbocycles. The average Bonchev–Trinajstić information content (AvgIpc) is 2.61. The SMILES string of the molecule is CCOC(C)(OCC)P(=O)(CC(C[N+](=O)[O-])c1cc([N+](=O)[O-])ccc1C)OCC. The van der Waals surface area contributed by atoms with Gasteiger partial charge in [0.15, 0.2) is 0 Å². The molecule has 1 rings (SSSR count). The Morgan fingerprint density at radius 3 is 2.14 bits per heavy atom. The van der Waals surface area contributed by atoms with E-state index in [4.69, 9.17) is 14.0 Å². The van der Waals surface area contributed by atoms with Gasteiger partial charge >= 0.3 is 0 Å². The topological polar surface area (TPSA) is 131 Å². The van der Waals surface area contributed by atoms with Gasteiger partial charge in [-0.2, -0.15) is 0 Å². The quantitative estimate of drug-likeness (QED) is 0.195. The zero-order chi connectivity index (χ0) is 22.2. The summed E-state index contributed by atoms with van der Waals surface area (Å²) in [5.41, 5.74) is -0.774. The maximum Gasteiger partial charge on any atom is 0.269 e. The molecule has 0 saturated carbocycles. The van der Waals surface area contributed by atoms with E-state index in [-0.39, 0.29) is 31.7 Å². The van der Waals surface area contributed by atoms with Crippen LogP contribution < -0.4 is 0 Å². The van der Waals surface area contributed by atoms with Crippen LogP contribution in [-0.2, 0) is 18.6 Å². The number of ether oxygens (including phenoxy) is 2. The molecule has 2 atom stereocenters. The highest BCUT2D eigenvalue weighted by molar-refractivity contribution is 7.60. The van der Waals surface area contributed by atoms with Crippen LogP contribution in [0, 0.1) is 27.2 Å². The Bertz CT molecular complexity index is 764. The molecule has 11 heteroatoms. The zero-order valence-corrected chi connectivity index (χ0v) is 18.3. The smallest absolute Gasteiger partial charge is 0.269 e. The second kappa shape index (κ2) is 10.8. The minimum absolute atomic E-state index is 0.0894. The number of non-ortho nitro benzene ring substituents is 1. The second-order valence-electron chi connectivity index (χ2n) is 6.55. The Labute approximate surface area is 170 Å². The third kappa shape index (κ3) is 6.30. The maximum atomic E-state index is 13.9. The summed E-state index contributed by atoms with van der Waals surface area (Å²) in [6.45, 7) is 8.21. The Morgan fingerprint density at radius 2 is 1.69 bits per heavy atom. The van der Waals surface area contributed by atoms with Crippen molar-refractivity contribution in [2.45, 2.75) is 46.1 Å². The molecule has 0 saturated heterocycles. The minimum atomic E-state index is -3.73. The molecule has 0 fully saturated rings. The number of nitrogens with zero attached hydrogens (tertiary/aromatic N) is 2. The van der Waals surface area contributed by atoms with Gasteiger partial charge in [0.05, 0.1) is 17.4 Å². The molecular weight excluding hydrogens is 403 g/mol. The van der Waals surface area contributed by atoms with E-state index >= 15 is 0 Å². The van der Waals surface area contributed by atoms with Crippen LogP contribution in [0.5, 0.6) is 0 Å². The molecule has 0 aliphatic rings. The lowest BCUT2D eigenvalue weighted by Gasteiger charge is -2.37. The van der Waals surface area contributed by atoms with Gasteiger partial charge in [0.25, 0.3) is 13.1 Å². The van der Waals surface area contributed by atoms with E-state index in [0.29, 0.717) is 11.1 Å². The van der Waals surface area contributed by atoms with E-state index < -0.39 is 35.2 Å². The fourth-order valence-electron chi connectivity index (χ4n) is 3.22. The molecule has 1 aromatic rings. The van der Waals surface area contributed by atoms with E-state index in [0.717, 1.165) is 0 Å². The maximum absolute atomic E-state index is 13.9. The van der Waals surface area contributed by atoms with Gasteiger partial charge in [-0.1, -0.05) is 6.07 Å². The molecule has 0 bridgehead atoms. The lowest BCUT2D eigenvalue weighted by atomic mass is 9.96. The van der Waals surface area contributed by atoms with Crippen LogP contribution in [0.25, 0.3) is 0 Å². The first-order valence-electron chi connectivity index (χ1n) is 9.41. The first-order valence-corrected chi connectivity index (χ1v) is 11.2. The van der Waals surface area contributed by atoms with Crippen molar-refractivity contribution in [3.05, 3.63) is 49.6 Å². The largest absolute Gasteiger partial charge is 0.342 e. The van der Waals surface area contributed by atoms with Gasteiger partial charge in [0, 0.05) is 36.4 Å². The Hall–Kier alpha value is -1.87. The summed E-state index contributed by atoms with van der Waals surface area (Å²) in [5, 5.41) is 22.5. The van der Waals surface area contributed by atoms with Crippen LogP contribution >= 0.6 is 7.37 Å². The summed E-state index contributed by atoms with van der Waals surface area (Å²) < 4.78 is 30.7. The summed E-state index contributed by atoms with van der Waals surface area (Å²) >= 11 is 0. The predicted molar refractivity (Wildman–Crippen MR) is 108 cm³/mol. The van der Waals surface area contributed by atoms with Crippen LogP contribution in [0.15, 0.2) is 18.2 Å². The standard InChI is InChI=1S/C18H29N2O8P/c1-6-26-18(5,27-7-2)29(25,28-8-3)13-15(12-19(21)22)17-11-16(20(23)24)10-9-14(17)4/h9-11,15H,6-8,12-13H2,1-5H3. The Kier molecular flexibility index (Phi) is 9.35. The zero-order valence-electron chi connectivity index (χ0n) is 17.5. The number of nitro benzene ring substituents is 1. The number of benzene rings is 1. The molecule has 0 heterocycles. The van der Waals surface area contributed by atoms with Crippen molar-refractivity contribution in [2.75, 3.05) is 32.5 Å². The lowest BCUT2D eigenvalue weighted by Crippen LogP contribution is -2.36. The average molecular weight is 432 g/mol. The van der Waals surface area contributed by atoms with Gasteiger partial charge in [0.2, 0.25) is 12.1 Å². The van der Waals surface area contributed by atoms with E-state index in [2.05, 4.69) is 0 Å². The molecule has 29 heavy (non-hydrogen) atoms. The van der Waals surface area contributed by atoms with Crippen molar-refractivity contribution < 1.29 is 28.4 Å². The van der Waals surface area contributed by atoms with Gasteiger partial charge in [-0.25, -0.2) is 0 Å². The normalized spacial score (nSPS) is 14.9. The summed E-state index contributed by atoms with van der Waals surface area (Å²) in [6, 6.07) is 4.14. The Balaban J connectivity index is 3.50. The monoisotopic (exact) mass is 432 g/mol. The van der Waals surface area contributed by atoms with Crippen molar-refractivity contribution in [3.8, 4) is 0 Å². The van der Waals surface area contributed by atoms with Crippen LogP contribution in [0.2, 0.25) is 0 Å². The fraction of sp³-hybridized carbons (Fsp3) is 0.667. The molecule has 1 aromatic carbocycles. The summed E-state index contributed by atoms with van der Waals surface area (Å²) in [5.74, 6) is -0.887. The second-order valence-corrected chi connectivity index (χ2v) is 9.33. The van der Waals surface area contributed by atoms with Crippen molar-refractivity contribution in [1.29, 1.82) is 0 Å². The molecule has 0 spiro atoms. The number of nitro groups is 2. The third-order valence-electron chi connectivity index (χ3n) is 4.52. The van der Waals surface area contributed by atoms with Gasteiger partial charge in [-0.15, -0.1) is 0 Å². The van der Waals surface area contributed by atoms with E-state index in [1.807, 2.05) is 0 Å². The van der Waals surface area contributed by atoms with Crippen molar-refractivity contribution in [1.82, 2.24) is 0 Å². The summed E-state index contributed by atoms with van der Waals surface area (Å²) in [6.07, 6.45) is -0.250. The van der Waals surface area contributed by atoms with Gasteiger partial charge in [-0.05, 0) is 45.7 Å². The molecule has 0 N–H and O–H groups in total.